The van der Waals surface area contributed by atoms with Gasteiger partial charge in [0, 0.05) is 64.1 Å². The molecule has 31 heavy (non-hydrogen) atoms. The van der Waals surface area contributed by atoms with Crippen LogP contribution < -0.4 is 15.1 Å². The minimum absolute atomic E-state index is 0. The van der Waals surface area contributed by atoms with E-state index in [1.54, 1.807) is 0 Å². The molecular weight excluding hydrogens is 501 g/mol. The lowest BCUT2D eigenvalue weighted by Crippen LogP contribution is -2.52. The molecule has 0 radical (unpaired) electrons. The van der Waals surface area contributed by atoms with E-state index in [4.69, 9.17) is 0 Å². The van der Waals surface area contributed by atoms with Gasteiger partial charge in [-0.1, -0.05) is 36.4 Å². The molecule has 166 valence electrons. The van der Waals surface area contributed by atoms with Crippen molar-refractivity contribution in [1.82, 2.24) is 10.2 Å². The second-order valence-corrected chi connectivity index (χ2v) is 7.81. The topological polar surface area (TPSA) is 51.2 Å². The van der Waals surface area contributed by atoms with Crippen molar-refractivity contribution in [1.29, 1.82) is 0 Å². The SMILES string of the molecule is CN=C(NCCCC(=O)N1CCc2ccccc21)N1CCN(c2ccccc2)CC1.I. The molecule has 2 heterocycles. The normalized spacial score (nSPS) is 16.0. The molecule has 4 rings (SSSR count). The number of carbonyl (C=O) groups is 1. The first-order valence-electron chi connectivity index (χ1n) is 10.9. The molecule has 0 aromatic heterocycles. The summed E-state index contributed by atoms with van der Waals surface area (Å²) in [5, 5.41) is 3.45. The number of hydrogen-bond donors (Lipinski definition) is 1. The molecule has 0 unspecified atom stereocenters. The number of aliphatic imine (C=N–C) groups is 1. The lowest BCUT2D eigenvalue weighted by atomic mass is 10.2. The summed E-state index contributed by atoms with van der Waals surface area (Å²) in [5.74, 6) is 1.15. The summed E-state index contributed by atoms with van der Waals surface area (Å²) in [6.07, 6.45) is 2.32. The highest BCUT2D eigenvalue weighted by atomic mass is 127. The van der Waals surface area contributed by atoms with Crippen molar-refractivity contribution in [3.8, 4) is 0 Å². The van der Waals surface area contributed by atoms with E-state index in [9.17, 15) is 4.79 Å². The Labute approximate surface area is 202 Å². The Bertz CT molecular complexity index is 881. The Balaban J connectivity index is 0.00000272. The largest absolute Gasteiger partial charge is 0.368 e. The van der Waals surface area contributed by atoms with Gasteiger partial charge in [-0.25, -0.2) is 0 Å². The van der Waals surface area contributed by atoms with Gasteiger partial charge in [0.2, 0.25) is 5.91 Å². The zero-order chi connectivity index (χ0) is 20.8. The van der Waals surface area contributed by atoms with Crippen molar-refractivity contribution < 1.29 is 4.79 Å². The molecule has 0 atom stereocenters. The number of para-hydroxylation sites is 2. The Morgan fingerprint density at radius 3 is 2.42 bits per heavy atom. The van der Waals surface area contributed by atoms with Gasteiger partial charge in [0.15, 0.2) is 5.96 Å². The van der Waals surface area contributed by atoms with Gasteiger partial charge in [0.25, 0.3) is 0 Å². The van der Waals surface area contributed by atoms with E-state index in [0.29, 0.717) is 6.42 Å². The zero-order valence-electron chi connectivity index (χ0n) is 18.2. The van der Waals surface area contributed by atoms with Gasteiger partial charge in [0.05, 0.1) is 0 Å². The van der Waals surface area contributed by atoms with Gasteiger partial charge in [0.1, 0.15) is 0 Å². The number of carbonyl (C=O) groups excluding carboxylic acids is 1. The van der Waals surface area contributed by atoms with Crippen LogP contribution in [0.4, 0.5) is 11.4 Å². The summed E-state index contributed by atoms with van der Waals surface area (Å²) in [4.78, 5) is 23.8. The minimum atomic E-state index is 0. The third kappa shape index (κ3) is 5.70. The molecule has 1 saturated heterocycles. The average Bonchev–Trinajstić information content (AvgIpc) is 3.24. The second-order valence-electron chi connectivity index (χ2n) is 7.81. The molecule has 0 spiro atoms. The van der Waals surface area contributed by atoms with Gasteiger partial charge < -0.3 is 20.0 Å². The van der Waals surface area contributed by atoms with Crippen LogP contribution in [0.15, 0.2) is 59.6 Å². The summed E-state index contributed by atoms with van der Waals surface area (Å²) < 4.78 is 0. The summed E-state index contributed by atoms with van der Waals surface area (Å²) in [5.41, 5.74) is 3.64. The summed E-state index contributed by atoms with van der Waals surface area (Å²) in [6.45, 7) is 5.41. The number of guanidine groups is 1. The molecule has 2 aromatic rings. The standard InChI is InChI=1S/C24H31N5O.HI/c1-25-24(28-18-16-27(17-19-28)21-9-3-2-4-10-21)26-14-7-12-23(30)29-15-13-20-8-5-6-11-22(20)29;/h2-6,8-11H,7,12-19H2,1H3,(H,25,26);1H. The molecule has 7 heteroatoms. The van der Waals surface area contributed by atoms with Crippen molar-refractivity contribution in [2.24, 2.45) is 4.99 Å². The highest BCUT2D eigenvalue weighted by Gasteiger charge is 2.24. The number of piperazine rings is 1. The monoisotopic (exact) mass is 533 g/mol. The number of fused-ring (bicyclic) bond motifs is 1. The molecular formula is C24H32IN5O. The van der Waals surface area contributed by atoms with E-state index in [1.807, 2.05) is 24.1 Å². The quantitative estimate of drug-likeness (QED) is 0.277. The predicted octanol–water partition coefficient (Wildman–Crippen LogP) is 3.37. The number of hydrogen-bond acceptors (Lipinski definition) is 3. The van der Waals surface area contributed by atoms with Gasteiger partial charge in [-0.3, -0.25) is 9.79 Å². The number of halogens is 1. The number of benzene rings is 2. The van der Waals surface area contributed by atoms with Crippen molar-refractivity contribution in [3.63, 3.8) is 0 Å². The van der Waals surface area contributed by atoms with Crippen LogP contribution in [0.1, 0.15) is 18.4 Å². The Morgan fingerprint density at radius 2 is 1.68 bits per heavy atom. The van der Waals surface area contributed by atoms with Gasteiger partial charge in [-0.15, -0.1) is 24.0 Å². The molecule has 0 aliphatic carbocycles. The molecule has 2 aromatic carbocycles. The molecule has 0 saturated carbocycles. The highest BCUT2D eigenvalue weighted by Crippen LogP contribution is 2.28. The van der Waals surface area contributed by atoms with Crippen LogP contribution in [0, 0.1) is 0 Å². The molecule has 1 fully saturated rings. The van der Waals surface area contributed by atoms with Crippen molar-refractivity contribution >= 4 is 47.2 Å². The molecule has 1 N–H and O–H groups in total. The van der Waals surface area contributed by atoms with Crippen molar-refractivity contribution in [2.75, 3.05) is 56.1 Å². The lowest BCUT2D eigenvalue weighted by Gasteiger charge is -2.37. The van der Waals surface area contributed by atoms with Crippen LogP contribution in [0.5, 0.6) is 0 Å². The van der Waals surface area contributed by atoms with Crippen LogP contribution >= 0.6 is 24.0 Å². The number of rotatable bonds is 5. The molecule has 2 aliphatic rings. The lowest BCUT2D eigenvalue weighted by molar-refractivity contribution is -0.118. The highest BCUT2D eigenvalue weighted by molar-refractivity contribution is 14.0. The van der Waals surface area contributed by atoms with Crippen molar-refractivity contribution in [2.45, 2.75) is 19.3 Å². The second kappa shape index (κ2) is 11.4. The Hall–Kier alpha value is -2.29. The first-order valence-corrected chi connectivity index (χ1v) is 10.9. The third-order valence-corrected chi connectivity index (χ3v) is 5.95. The Kier molecular flexibility index (Phi) is 8.57. The fourth-order valence-corrected chi connectivity index (χ4v) is 4.32. The third-order valence-electron chi connectivity index (χ3n) is 5.95. The summed E-state index contributed by atoms with van der Waals surface area (Å²) in [6, 6.07) is 18.8. The fraction of sp³-hybridized carbons (Fsp3) is 0.417. The first-order chi connectivity index (χ1) is 14.8. The smallest absolute Gasteiger partial charge is 0.227 e. The van der Waals surface area contributed by atoms with Gasteiger partial charge in [-0.2, -0.15) is 0 Å². The van der Waals surface area contributed by atoms with Crippen LogP contribution in [0.3, 0.4) is 0 Å². The van der Waals surface area contributed by atoms with E-state index in [1.165, 1.54) is 11.3 Å². The number of nitrogens with one attached hydrogen (secondary N) is 1. The molecule has 1 amide bonds. The first kappa shape index (κ1) is 23.4. The number of amides is 1. The molecule has 2 aliphatic heterocycles. The van der Waals surface area contributed by atoms with Crippen LogP contribution in [-0.4, -0.2) is 63.1 Å². The van der Waals surface area contributed by atoms with E-state index >= 15 is 0 Å². The molecule has 6 nitrogen and oxygen atoms in total. The van der Waals surface area contributed by atoms with Gasteiger partial charge in [-0.05, 0) is 36.6 Å². The number of anilines is 2. The van der Waals surface area contributed by atoms with E-state index in [2.05, 4.69) is 62.6 Å². The van der Waals surface area contributed by atoms with E-state index in [0.717, 1.165) is 63.8 Å². The van der Waals surface area contributed by atoms with Crippen LogP contribution in [-0.2, 0) is 11.2 Å². The van der Waals surface area contributed by atoms with Crippen molar-refractivity contribution in [3.05, 3.63) is 60.2 Å². The van der Waals surface area contributed by atoms with E-state index in [-0.39, 0.29) is 29.9 Å². The predicted molar refractivity (Wildman–Crippen MR) is 139 cm³/mol. The van der Waals surface area contributed by atoms with Crippen LogP contribution in [0.2, 0.25) is 0 Å². The zero-order valence-corrected chi connectivity index (χ0v) is 20.5. The maximum Gasteiger partial charge on any atom is 0.227 e. The number of nitrogens with zero attached hydrogens (tertiary/aromatic N) is 4. The van der Waals surface area contributed by atoms with Gasteiger partial charge >= 0.3 is 0 Å². The maximum atomic E-state index is 12.6. The fourth-order valence-electron chi connectivity index (χ4n) is 4.32. The average molecular weight is 533 g/mol. The molecule has 0 bridgehead atoms. The summed E-state index contributed by atoms with van der Waals surface area (Å²) in [7, 11) is 1.83. The minimum Gasteiger partial charge on any atom is -0.368 e. The van der Waals surface area contributed by atoms with E-state index < -0.39 is 0 Å². The van der Waals surface area contributed by atoms with Crippen LogP contribution in [0.25, 0.3) is 0 Å². The Morgan fingerprint density at radius 1 is 0.968 bits per heavy atom. The maximum absolute atomic E-state index is 12.6. The summed E-state index contributed by atoms with van der Waals surface area (Å²) >= 11 is 0.